The second kappa shape index (κ2) is 13.0. The fourth-order valence-electron chi connectivity index (χ4n) is 4.16. The van der Waals surface area contributed by atoms with E-state index in [4.69, 9.17) is 14.2 Å². The highest BCUT2D eigenvalue weighted by molar-refractivity contribution is 5.95. The van der Waals surface area contributed by atoms with Gasteiger partial charge in [0.2, 0.25) is 0 Å². The number of carbonyl (C=O) groups is 3. The summed E-state index contributed by atoms with van der Waals surface area (Å²) in [5, 5.41) is 5.59. The van der Waals surface area contributed by atoms with Crippen molar-refractivity contribution in [2.45, 2.75) is 52.6 Å². The zero-order valence-corrected chi connectivity index (χ0v) is 21.3. The summed E-state index contributed by atoms with van der Waals surface area (Å²) in [7, 11) is 0. The van der Waals surface area contributed by atoms with Gasteiger partial charge in [0.05, 0.1) is 24.7 Å². The van der Waals surface area contributed by atoms with Crippen LogP contribution in [0.3, 0.4) is 0 Å². The van der Waals surface area contributed by atoms with Crippen LogP contribution in [0.5, 0.6) is 11.5 Å². The molecular weight excluding hydrogens is 460 g/mol. The van der Waals surface area contributed by atoms with E-state index in [-0.39, 0.29) is 23.9 Å². The van der Waals surface area contributed by atoms with Gasteiger partial charge >= 0.3 is 5.97 Å². The lowest BCUT2D eigenvalue weighted by Crippen LogP contribution is -2.37. The van der Waals surface area contributed by atoms with E-state index in [0.29, 0.717) is 48.9 Å². The Balaban J connectivity index is 1.38. The Morgan fingerprint density at radius 1 is 0.806 bits per heavy atom. The maximum Gasteiger partial charge on any atom is 0.311 e. The maximum atomic E-state index is 12.4. The number of nitrogens with one attached hydrogen (secondary N) is 2. The van der Waals surface area contributed by atoms with E-state index < -0.39 is 5.41 Å². The molecule has 36 heavy (non-hydrogen) atoms. The number of rotatable bonds is 11. The number of ether oxygens (including phenoxy) is 3. The van der Waals surface area contributed by atoms with Crippen LogP contribution in [0.2, 0.25) is 0 Å². The lowest BCUT2D eigenvalue weighted by Gasteiger charge is -2.35. The van der Waals surface area contributed by atoms with Crippen molar-refractivity contribution in [3.63, 3.8) is 0 Å². The summed E-state index contributed by atoms with van der Waals surface area (Å²) in [5.41, 5.74) is 0.605. The van der Waals surface area contributed by atoms with Gasteiger partial charge in [-0.25, -0.2) is 0 Å². The quantitative estimate of drug-likeness (QED) is 0.358. The fraction of sp³-hybridized carbons (Fsp3) is 0.464. The summed E-state index contributed by atoms with van der Waals surface area (Å²) < 4.78 is 16.7. The number of carbonyl (C=O) groups excluding carboxylic acids is 3. The van der Waals surface area contributed by atoms with Crippen molar-refractivity contribution in [1.82, 2.24) is 10.6 Å². The standard InChI is InChI=1S/C28H36N2O6/c1-4-34-22-10-6-20(7-11-22)25(31)29-18-19-30-26(32)21-8-12-23(13-9-21)36-24-14-16-28(3,17-15-24)27(33)35-5-2/h6-13,24H,4-5,14-19H2,1-3H3,(H,29,31)(H,30,32). The number of hydrogen-bond acceptors (Lipinski definition) is 6. The average molecular weight is 497 g/mol. The Kier molecular flexibility index (Phi) is 9.73. The minimum Gasteiger partial charge on any atom is -0.494 e. The van der Waals surface area contributed by atoms with Crippen molar-refractivity contribution >= 4 is 17.8 Å². The smallest absolute Gasteiger partial charge is 0.311 e. The van der Waals surface area contributed by atoms with Crippen molar-refractivity contribution < 1.29 is 28.6 Å². The summed E-state index contributed by atoms with van der Waals surface area (Å²) in [4.78, 5) is 36.8. The molecule has 1 saturated carbocycles. The van der Waals surface area contributed by atoms with Crippen LogP contribution in [-0.2, 0) is 9.53 Å². The first kappa shape index (κ1) is 27.0. The predicted octanol–water partition coefficient (Wildman–Crippen LogP) is 4.14. The Bertz CT molecular complexity index is 1010. The van der Waals surface area contributed by atoms with Crippen LogP contribution in [0, 0.1) is 5.41 Å². The van der Waals surface area contributed by atoms with Gasteiger partial charge in [0.1, 0.15) is 11.5 Å². The molecule has 1 fully saturated rings. The van der Waals surface area contributed by atoms with Crippen LogP contribution in [0.25, 0.3) is 0 Å². The van der Waals surface area contributed by atoms with Crippen molar-refractivity contribution in [3.05, 3.63) is 59.7 Å². The van der Waals surface area contributed by atoms with Crippen LogP contribution in [-0.4, -0.2) is 50.2 Å². The first-order chi connectivity index (χ1) is 17.3. The molecule has 2 amide bonds. The van der Waals surface area contributed by atoms with Crippen LogP contribution in [0.1, 0.15) is 67.2 Å². The van der Waals surface area contributed by atoms with Gasteiger partial charge in [-0.2, -0.15) is 0 Å². The fourth-order valence-corrected chi connectivity index (χ4v) is 4.16. The second-order valence-corrected chi connectivity index (χ2v) is 9.09. The number of amides is 2. The summed E-state index contributed by atoms with van der Waals surface area (Å²) in [5.74, 6) is 0.848. The Morgan fingerprint density at radius 2 is 1.31 bits per heavy atom. The first-order valence-corrected chi connectivity index (χ1v) is 12.6. The molecule has 1 aliphatic carbocycles. The van der Waals surface area contributed by atoms with Crippen molar-refractivity contribution in [1.29, 1.82) is 0 Å². The molecule has 0 aliphatic heterocycles. The summed E-state index contributed by atoms with van der Waals surface area (Å²) in [6, 6.07) is 13.9. The van der Waals surface area contributed by atoms with Gasteiger partial charge in [0, 0.05) is 24.2 Å². The highest BCUT2D eigenvalue weighted by Crippen LogP contribution is 2.38. The summed E-state index contributed by atoms with van der Waals surface area (Å²) in [6.07, 6.45) is 3.05. The molecule has 2 aromatic rings. The van der Waals surface area contributed by atoms with Crippen molar-refractivity contribution in [3.8, 4) is 11.5 Å². The highest BCUT2D eigenvalue weighted by atomic mass is 16.5. The molecule has 2 N–H and O–H groups in total. The molecule has 3 rings (SSSR count). The lowest BCUT2D eigenvalue weighted by atomic mass is 9.74. The van der Waals surface area contributed by atoms with Gasteiger partial charge in [-0.15, -0.1) is 0 Å². The number of hydrogen-bond donors (Lipinski definition) is 2. The van der Waals surface area contributed by atoms with Gasteiger partial charge in [-0.1, -0.05) is 0 Å². The van der Waals surface area contributed by atoms with E-state index in [1.807, 2.05) is 20.8 Å². The Labute approximate surface area is 212 Å². The number of esters is 1. The van der Waals surface area contributed by atoms with E-state index in [9.17, 15) is 14.4 Å². The zero-order valence-electron chi connectivity index (χ0n) is 21.3. The third-order valence-electron chi connectivity index (χ3n) is 6.35. The minimum absolute atomic E-state index is 0.0335. The molecule has 8 heteroatoms. The highest BCUT2D eigenvalue weighted by Gasteiger charge is 2.39. The third-order valence-corrected chi connectivity index (χ3v) is 6.35. The Morgan fingerprint density at radius 3 is 1.78 bits per heavy atom. The van der Waals surface area contributed by atoms with Gasteiger partial charge in [-0.05, 0) is 95.0 Å². The Hall–Kier alpha value is -3.55. The zero-order chi connectivity index (χ0) is 26.0. The van der Waals surface area contributed by atoms with E-state index in [2.05, 4.69) is 10.6 Å². The molecule has 0 heterocycles. The lowest BCUT2D eigenvalue weighted by molar-refractivity contribution is -0.157. The molecule has 1 aliphatic rings. The van der Waals surface area contributed by atoms with Crippen LogP contribution < -0.4 is 20.1 Å². The van der Waals surface area contributed by atoms with Crippen LogP contribution >= 0.6 is 0 Å². The molecule has 0 aromatic heterocycles. The van der Waals surface area contributed by atoms with E-state index in [1.165, 1.54) is 0 Å². The van der Waals surface area contributed by atoms with Gasteiger partial charge < -0.3 is 24.8 Å². The van der Waals surface area contributed by atoms with Crippen LogP contribution in [0.15, 0.2) is 48.5 Å². The third kappa shape index (κ3) is 7.47. The first-order valence-electron chi connectivity index (χ1n) is 12.6. The van der Waals surface area contributed by atoms with E-state index in [1.54, 1.807) is 48.5 Å². The molecule has 194 valence electrons. The topological polar surface area (TPSA) is 103 Å². The SMILES string of the molecule is CCOC(=O)C1(C)CCC(Oc2ccc(C(=O)NCCNC(=O)c3ccc(OCC)cc3)cc2)CC1. The molecule has 0 radical (unpaired) electrons. The second-order valence-electron chi connectivity index (χ2n) is 9.09. The minimum atomic E-state index is -0.439. The van der Waals surface area contributed by atoms with Gasteiger partial charge in [-0.3, -0.25) is 14.4 Å². The molecule has 8 nitrogen and oxygen atoms in total. The molecule has 0 unspecified atom stereocenters. The van der Waals surface area contributed by atoms with Crippen LogP contribution in [0.4, 0.5) is 0 Å². The molecule has 0 saturated heterocycles. The largest absolute Gasteiger partial charge is 0.494 e. The predicted molar refractivity (Wildman–Crippen MR) is 136 cm³/mol. The molecule has 2 aromatic carbocycles. The molecule has 0 atom stereocenters. The average Bonchev–Trinajstić information content (AvgIpc) is 2.89. The summed E-state index contributed by atoms with van der Waals surface area (Å²) in [6.45, 7) is 7.26. The van der Waals surface area contributed by atoms with E-state index >= 15 is 0 Å². The van der Waals surface area contributed by atoms with Crippen molar-refractivity contribution in [2.24, 2.45) is 5.41 Å². The normalized spacial score (nSPS) is 19.1. The van der Waals surface area contributed by atoms with Crippen molar-refractivity contribution in [2.75, 3.05) is 26.3 Å². The number of benzene rings is 2. The molecule has 0 bridgehead atoms. The summed E-state index contributed by atoms with van der Waals surface area (Å²) >= 11 is 0. The van der Waals surface area contributed by atoms with E-state index in [0.717, 1.165) is 25.7 Å². The monoisotopic (exact) mass is 496 g/mol. The molecular formula is C28H36N2O6. The molecule has 0 spiro atoms. The van der Waals surface area contributed by atoms with Gasteiger partial charge in [0.25, 0.3) is 11.8 Å². The van der Waals surface area contributed by atoms with Gasteiger partial charge in [0.15, 0.2) is 0 Å². The maximum absolute atomic E-state index is 12.4.